The van der Waals surface area contributed by atoms with Crippen molar-refractivity contribution in [3.8, 4) is 0 Å². The fourth-order valence-electron chi connectivity index (χ4n) is 2.24. The number of amides is 1. The lowest BCUT2D eigenvalue weighted by atomic mass is 9.87. The van der Waals surface area contributed by atoms with Crippen LogP contribution in [0, 0.1) is 5.92 Å². The first-order valence-corrected chi connectivity index (χ1v) is 6.20. The molecule has 2 rings (SSSR count). The van der Waals surface area contributed by atoms with Crippen molar-refractivity contribution in [2.45, 2.75) is 38.6 Å². The van der Waals surface area contributed by atoms with Crippen molar-refractivity contribution in [2.75, 3.05) is 0 Å². The molecule has 5 heteroatoms. The minimum absolute atomic E-state index is 0.0611. The van der Waals surface area contributed by atoms with Crippen LogP contribution in [0.15, 0.2) is 16.5 Å². The summed E-state index contributed by atoms with van der Waals surface area (Å²) < 4.78 is 4.96. The van der Waals surface area contributed by atoms with E-state index in [4.69, 9.17) is 9.52 Å². The zero-order chi connectivity index (χ0) is 13.1. The summed E-state index contributed by atoms with van der Waals surface area (Å²) in [4.78, 5) is 22.5. The Hall–Kier alpha value is -1.78. The van der Waals surface area contributed by atoms with Gasteiger partial charge in [0.25, 0.3) is 5.91 Å². The van der Waals surface area contributed by atoms with Gasteiger partial charge in [-0.05, 0) is 43.7 Å². The molecule has 0 aromatic carbocycles. The molecular weight excluding hydrogens is 234 g/mol. The van der Waals surface area contributed by atoms with Crippen molar-refractivity contribution in [2.24, 2.45) is 5.92 Å². The Morgan fingerprint density at radius 3 is 2.39 bits per heavy atom. The molecule has 1 fully saturated rings. The molecule has 0 atom stereocenters. The first kappa shape index (κ1) is 12.7. The van der Waals surface area contributed by atoms with Gasteiger partial charge in [0, 0.05) is 6.04 Å². The van der Waals surface area contributed by atoms with E-state index in [9.17, 15) is 9.59 Å². The molecule has 1 aromatic rings. The molecule has 0 unspecified atom stereocenters. The van der Waals surface area contributed by atoms with E-state index in [1.807, 2.05) is 0 Å². The number of hydrogen-bond acceptors (Lipinski definition) is 3. The Kier molecular flexibility index (Phi) is 3.69. The normalized spacial score (nSPS) is 23.6. The molecule has 18 heavy (non-hydrogen) atoms. The third-order valence-corrected chi connectivity index (χ3v) is 3.39. The van der Waals surface area contributed by atoms with Crippen molar-refractivity contribution in [3.63, 3.8) is 0 Å². The smallest absolute Gasteiger partial charge is 0.371 e. The summed E-state index contributed by atoms with van der Waals surface area (Å²) in [5.74, 6) is -0.925. The lowest BCUT2D eigenvalue weighted by molar-refractivity contribution is 0.0659. The Morgan fingerprint density at radius 1 is 1.22 bits per heavy atom. The fraction of sp³-hybridized carbons (Fsp3) is 0.538. The minimum Gasteiger partial charge on any atom is -0.475 e. The first-order valence-electron chi connectivity index (χ1n) is 6.20. The predicted octanol–water partition coefficient (Wildman–Crippen LogP) is 2.29. The maximum absolute atomic E-state index is 11.8. The average molecular weight is 251 g/mol. The maximum Gasteiger partial charge on any atom is 0.371 e. The first-order chi connectivity index (χ1) is 8.56. The summed E-state index contributed by atoms with van der Waals surface area (Å²) in [6.07, 6.45) is 4.17. The van der Waals surface area contributed by atoms with Crippen molar-refractivity contribution in [1.29, 1.82) is 0 Å². The van der Waals surface area contributed by atoms with Gasteiger partial charge in [-0.2, -0.15) is 0 Å². The Bertz CT molecular complexity index is 444. The fourth-order valence-corrected chi connectivity index (χ4v) is 2.24. The second-order valence-corrected chi connectivity index (χ2v) is 4.90. The van der Waals surface area contributed by atoms with Gasteiger partial charge in [0.05, 0.1) is 0 Å². The monoisotopic (exact) mass is 251 g/mol. The molecule has 98 valence electrons. The molecule has 0 radical (unpaired) electrons. The van der Waals surface area contributed by atoms with Crippen molar-refractivity contribution < 1.29 is 19.1 Å². The van der Waals surface area contributed by atoms with Crippen LogP contribution in [-0.2, 0) is 0 Å². The van der Waals surface area contributed by atoms with E-state index in [1.165, 1.54) is 12.1 Å². The van der Waals surface area contributed by atoms with Gasteiger partial charge in [-0.25, -0.2) is 4.79 Å². The van der Waals surface area contributed by atoms with E-state index in [2.05, 4.69) is 12.2 Å². The second kappa shape index (κ2) is 5.25. The molecule has 1 aromatic heterocycles. The van der Waals surface area contributed by atoms with Crippen LogP contribution in [0.1, 0.15) is 53.7 Å². The van der Waals surface area contributed by atoms with E-state index < -0.39 is 5.97 Å². The molecule has 1 heterocycles. The van der Waals surface area contributed by atoms with Crippen molar-refractivity contribution >= 4 is 11.9 Å². The molecule has 1 amide bonds. The third kappa shape index (κ3) is 2.91. The quantitative estimate of drug-likeness (QED) is 0.863. The molecule has 1 aliphatic rings. The van der Waals surface area contributed by atoms with Gasteiger partial charge in [0.1, 0.15) is 0 Å². The highest BCUT2D eigenvalue weighted by Crippen LogP contribution is 2.23. The number of aromatic carboxylic acids is 1. The standard InChI is InChI=1S/C13H17NO4/c1-8-2-4-9(5-3-8)14-12(15)10-6-7-11(18-10)13(16)17/h6-9H,2-5H2,1H3,(H,14,15)(H,16,17). The summed E-state index contributed by atoms with van der Waals surface area (Å²) in [5.41, 5.74) is 0. The van der Waals surface area contributed by atoms with Gasteiger partial charge in [0.15, 0.2) is 5.76 Å². The second-order valence-electron chi connectivity index (χ2n) is 4.90. The summed E-state index contributed by atoms with van der Waals surface area (Å²) in [6, 6.07) is 2.86. The van der Waals surface area contributed by atoms with Crippen molar-refractivity contribution in [1.82, 2.24) is 5.32 Å². The topological polar surface area (TPSA) is 79.5 Å². The Morgan fingerprint density at radius 2 is 1.83 bits per heavy atom. The largest absolute Gasteiger partial charge is 0.475 e. The molecule has 2 N–H and O–H groups in total. The van der Waals surface area contributed by atoms with Gasteiger partial charge in [-0.3, -0.25) is 4.79 Å². The van der Waals surface area contributed by atoms with Crippen LogP contribution in [0.2, 0.25) is 0 Å². The van der Waals surface area contributed by atoms with E-state index in [0.717, 1.165) is 31.6 Å². The summed E-state index contributed by atoms with van der Waals surface area (Å²) in [7, 11) is 0. The lowest BCUT2D eigenvalue weighted by Crippen LogP contribution is -2.37. The van der Waals surface area contributed by atoms with Crippen LogP contribution in [0.25, 0.3) is 0 Å². The molecule has 1 saturated carbocycles. The van der Waals surface area contributed by atoms with Gasteiger partial charge < -0.3 is 14.8 Å². The molecular formula is C13H17NO4. The van der Waals surface area contributed by atoms with E-state index in [1.54, 1.807) is 0 Å². The van der Waals surface area contributed by atoms with E-state index >= 15 is 0 Å². The third-order valence-electron chi connectivity index (χ3n) is 3.39. The number of carboxylic acid groups (broad SMARTS) is 1. The lowest BCUT2D eigenvalue weighted by Gasteiger charge is -2.26. The van der Waals surface area contributed by atoms with Crippen LogP contribution in [0.3, 0.4) is 0 Å². The maximum atomic E-state index is 11.8. The minimum atomic E-state index is -1.17. The van der Waals surface area contributed by atoms with Crippen LogP contribution in [0.5, 0.6) is 0 Å². The summed E-state index contributed by atoms with van der Waals surface area (Å²) in [5, 5.41) is 11.6. The van der Waals surface area contributed by atoms with Crippen molar-refractivity contribution in [3.05, 3.63) is 23.7 Å². The number of carbonyl (C=O) groups is 2. The number of nitrogens with one attached hydrogen (secondary N) is 1. The highest BCUT2D eigenvalue weighted by molar-refractivity contribution is 5.93. The molecule has 0 spiro atoms. The highest BCUT2D eigenvalue weighted by atomic mass is 16.4. The summed E-state index contributed by atoms with van der Waals surface area (Å²) in [6.45, 7) is 2.21. The van der Waals surface area contributed by atoms with Crippen LogP contribution in [-0.4, -0.2) is 23.0 Å². The molecule has 5 nitrogen and oxygen atoms in total. The highest BCUT2D eigenvalue weighted by Gasteiger charge is 2.22. The van der Waals surface area contributed by atoms with E-state index in [-0.39, 0.29) is 23.5 Å². The number of rotatable bonds is 3. The Balaban J connectivity index is 1.93. The average Bonchev–Trinajstić information content (AvgIpc) is 2.81. The SMILES string of the molecule is CC1CCC(NC(=O)c2ccc(C(=O)O)o2)CC1. The van der Waals surface area contributed by atoms with Crippen LogP contribution in [0.4, 0.5) is 0 Å². The molecule has 0 bridgehead atoms. The van der Waals surface area contributed by atoms with Crippen LogP contribution >= 0.6 is 0 Å². The molecule has 1 aliphatic carbocycles. The number of carboxylic acids is 1. The zero-order valence-corrected chi connectivity index (χ0v) is 10.3. The molecule has 0 saturated heterocycles. The Labute approximate surface area is 105 Å². The molecule has 0 aliphatic heterocycles. The van der Waals surface area contributed by atoms with Gasteiger partial charge in [-0.1, -0.05) is 6.92 Å². The van der Waals surface area contributed by atoms with Gasteiger partial charge >= 0.3 is 5.97 Å². The van der Waals surface area contributed by atoms with E-state index in [0.29, 0.717) is 0 Å². The number of hydrogen-bond donors (Lipinski definition) is 2. The van der Waals surface area contributed by atoms with Crippen LogP contribution < -0.4 is 5.32 Å². The van der Waals surface area contributed by atoms with Gasteiger partial charge in [0.2, 0.25) is 5.76 Å². The predicted molar refractivity (Wildman–Crippen MR) is 64.6 cm³/mol. The number of furan rings is 1. The van der Waals surface area contributed by atoms with Gasteiger partial charge in [-0.15, -0.1) is 0 Å². The summed E-state index contributed by atoms with van der Waals surface area (Å²) >= 11 is 0. The number of carbonyl (C=O) groups excluding carboxylic acids is 1. The zero-order valence-electron chi connectivity index (χ0n) is 10.3.